The highest BCUT2D eigenvalue weighted by Gasteiger charge is 2.06. The summed E-state index contributed by atoms with van der Waals surface area (Å²) in [5, 5.41) is 12.9. The molecule has 0 saturated carbocycles. The number of non-ortho nitro benzene ring substituents is 1. The Morgan fingerprint density at radius 2 is 2.06 bits per heavy atom. The molecule has 0 aliphatic carbocycles. The Bertz CT molecular complexity index is 432. The van der Waals surface area contributed by atoms with E-state index in [-0.39, 0.29) is 24.6 Å². The fourth-order valence-corrected chi connectivity index (χ4v) is 1.13. The summed E-state index contributed by atoms with van der Waals surface area (Å²) in [4.78, 5) is 21.1. The largest absolute Gasteiger partial charge is 0.345 e. The lowest BCUT2D eigenvalue weighted by Gasteiger charge is -2.01. The molecule has 5 heteroatoms. The van der Waals surface area contributed by atoms with E-state index in [0.29, 0.717) is 5.56 Å². The van der Waals surface area contributed by atoms with Gasteiger partial charge in [-0.15, -0.1) is 6.42 Å². The zero-order valence-electron chi connectivity index (χ0n) is 8.47. The number of amides is 1. The van der Waals surface area contributed by atoms with Gasteiger partial charge in [0.1, 0.15) is 0 Å². The molecule has 0 fully saturated rings. The minimum absolute atomic E-state index is 0.00721. The van der Waals surface area contributed by atoms with E-state index in [0.717, 1.165) is 0 Å². The van der Waals surface area contributed by atoms with Crippen molar-refractivity contribution in [3.8, 4) is 12.3 Å². The van der Waals surface area contributed by atoms with Crippen LogP contribution < -0.4 is 5.32 Å². The number of hydrogen-bond acceptors (Lipinski definition) is 3. The standard InChI is InChI=1S/C11H10N2O3/c1-2-7-12-11(14)8-9-3-5-10(6-4-9)13(15)16/h1,3-6H,7-8H2,(H,12,14). The first-order chi connectivity index (χ1) is 7.63. The van der Waals surface area contributed by atoms with Crippen LogP contribution >= 0.6 is 0 Å². The molecule has 0 radical (unpaired) electrons. The number of carbonyl (C=O) groups is 1. The summed E-state index contributed by atoms with van der Waals surface area (Å²) >= 11 is 0. The van der Waals surface area contributed by atoms with Crippen molar-refractivity contribution in [2.45, 2.75) is 6.42 Å². The molecule has 0 aromatic heterocycles. The van der Waals surface area contributed by atoms with Crippen LogP contribution in [0.1, 0.15) is 5.56 Å². The van der Waals surface area contributed by atoms with E-state index in [1.807, 2.05) is 0 Å². The smallest absolute Gasteiger partial charge is 0.269 e. The lowest BCUT2D eigenvalue weighted by Crippen LogP contribution is -2.25. The van der Waals surface area contributed by atoms with Gasteiger partial charge in [-0.05, 0) is 5.56 Å². The molecule has 1 aromatic carbocycles. The minimum Gasteiger partial charge on any atom is -0.345 e. The van der Waals surface area contributed by atoms with Crippen LogP contribution in [0.5, 0.6) is 0 Å². The number of carbonyl (C=O) groups excluding carboxylic acids is 1. The third kappa shape index (κ3) is 3.42. The molecule has 0 atom stereocenters. The maximum Gasteiger partial charge on any atom is 0.269 e. The van der Waals surface area contributed by atoms with Gasteiger partial charge in [-0.2, -0.15) is 0 Å². The highest BCUT2D eigenvalue weighted by atomic mass is 16.6. The van der Waals surface area contributed by atoms with Crippen molar-refractivity contribution in [1.82, 2.24) is 5.32 Å². The van der Waals surface area contributed by atoms with Gasteiger partial charge in [0.15, 0.2) is 0 Å². The van der Waals surface area contributed by atoms with E-state index in [4.69, 9.17) is 6.42 Å². The lowest BCUT2D eigenvalue weighted by atomic mass is 10.1. The van der Waals surface area contributed by atoms with Crippen molar-refractivity contribution in [2.24, 2.45) is 0 Å². The number of hydrogen-bond donors (Lipinski definition) is 1. The van der Waals surface area contributed by atoms with Crippen molar-refractivity contribution in [1.29, 1.82) is 0 Å². The van der Waals surface area contributed by atoms with Crippen LogP contribution in [0.15, 0.2) is 24.3 Å². The molecule has 1 aromatic rings. The van der Waals surface area contributed by atoms with Gasteiger partial charge in [0.2, 0.25) is 5.91 Å². The van der Waals surface area contributed by atoms with Gasteiger partial charge in [0.05, 0.1) is 17.9 Å². The molecule has 16 heavy (non-hydrogen) atoms. The van der Waals surface area contributed by atoms with Crippen LogP contribution in [0.3, 0.4) is 0 Å². The van der Waals surface area contributed by atoms with Gasteiger partial charge in [-0.25, -0.2) is 0 Å². The van der Waals surface area contributed by atoms with Gasteiger partial charge in [-0.3, -0.25) is 14.9 Å². The van der Waals surface area contributed by atoms with E-state index < -0.39 is 4.92 Å². The van der Waals surface area contributed by atoms with E-state index in [1.54, 1.807) is 12.1 Å². The molecule has 0 bridgehead atoms. The van der Waals surface area contributed by atoms with Gasteiger partial charge in [0.25, 0.3) is 5.69 Å². The fraction of sp³-hybridized carbons (Fsp3) is 0.182. The Kier molecular flexibility index (Phi) is 4.04. The van der Waals surface area contributed by atoms with Gasteiger partial charge in [0, 0.05) is 12.1 Å². The highest BCUT2D eigenvalue weighted by molar-refractivity contribution is 5.78. The normalized spacial score (nSPS) is 9.19. The van der Waals surface area contributed by atoms with Crippen molar-refractivity contribution in [3.05, 3.63) is 39.9 Å². The average molecular weight is 218 g/mol. The monoisotopic (exact) mass is 218 g/mol. The van der Waals surface area contributed by atoms with E-state index in [9.17, 15) is 14.9 Å². The first-order valence-corrected chi connectivity index (χ1v) is 4.57. The Labute approximate surface area is 92.6 Å². The number of terminal acetylenes is 1. The Morgan fingerprint density at radius 1 is 1.44 bits per heavy atom. The van der Waals surface area contributed by atoms with Crippen LogP contribution in [-0.4, -0.2) is 17.4 Å². The molecule has 0 unspecified atom stereocenters. The molecule has 5 nitrogen and oxygen atoms in total. The zero-order chi connectivity index (χ0) is 12.0. The molecular formula is C11H10N2O3. The summed E-state index contributed by atoms with van der Waals surface area (Å²) in [6.45, 7) is 0.186. The fourth-order valence-electron chi connectivity index (χ4n) is 1.13. The zero-order valence-corrected chi connectivity index (χ0v) is 8.47. The summed E-state index contributed by atoms with van der Waals surface area (Å²) in [5.74, 6) is 2.09. The third-order valence-corrected chi connectivity index (χ3v) is 1.90. The third-order valence-electron chi connectivity index (χ3n) is 1.90. The van der Waals surface area contributed by atoms with Crippen LogP contribution in [0, 0.1) is 22.5 Å². The van der Waals surface area contributed by atoms with Crippen molar-refractivity contribution in [3.63, 3.8) is 0 Å². The van der Waals surface area contributed by atoms with Crippen molar-refractivity contribution in [2.75, 3.05) is 6.54 Å². The molecule has 1 N–H and O–H groups in total. The lowest BCUT2D eigenvalue weighted by molar-refractivity contribution is -0.384. The Hall–Kier alpha value is -2.35. The number of rotatable bonds is 4. The number of nitrogens with one attached hydrogen (secondary N) is 1. The summed E-state index contributed by atoms with van der Waals surface area (Å²) < 4.78 is 0. The maximum atomic E-state index is 11.2. The summed E-state index contributed by atoms with van der Waals surface area (Å²) in [5.41, 5.74) is 0.716. The van der Waals surface area contributed by atoms with Crippen molar-refractivity contribution < 1.29 is 9.72 Å². The number of nitro groups is 1. The summed E-state index contributed by atoms with van der Waals surface area (Å²) in [6.07, 6.45) is 5.15. The second-order valence-electron chi connectivity index (χ2n) is 3.08. The first kappa shape index (κ1) is 11.7. The number of nitrogens with zero attached hydrogens (tertiary/aromatic N) is 1. The molecule has 82 valence electrons. The molecule has 1 rings (SSSR count). The van der Waals surface area contributed by atoms with Gasteiger partial charge < -0.3 is 5.32 Å². The summed E-state index contributed by atoms with van der Waals surface area (Å²) in [7, 11) is 0. The molecule has 1 amide bonds. The minimum atomic E-state index is -0.484. The Balaban J connectivity index is 2.59. The second-order valence-corrected chi connectivity index (χ2v) is 3.08. The number of nitro benzene ring substituents is 1. The van der Waals surface area contributed by atoms with E-state index >= 15 is 0 Å². The number of benzene rings is 1. The first-order valence-electron chi connectivity index (χ1n) is 4.57. The molecule has 0 spiro atoms. The van der Waals surface area contributed by atoms with Gasteiger partial charge >= 0.3 is 0 Å². The molecular weight excluding hydrogens is 208 g/mol. The van der Waals surface area contributed by atoms with Crippen LogP contribution in [-0.2, 0) is 11.2 Å². The van der Waals surface area contributed by atoms with Crippen molar-refractivity contribution >= 4 is 11.6 Å². The maximum absolute atomic E-state index is 11.2. The molecule has 0 aliphatic rings. The molecule has 0 heterocycles. The average Bonchev–Trinajstić information content (AvgIpc) is 2.27. The summed E-state index contributed by atoms with van der Waals surface area (Å²) in [6, 6.07) is 5.83. The van der Waals surface area contributed by atoms with Crippen LogP contribution in [0.4, 0.5) is 5.69 Å². The second kappa shape index (κ2) is 5.51. The van der Waals surface area contributed by atoms with Crippen LogP contribution in [0.25, 0.3) is 0 Å². The van der Waals surface area contributed by atoms with E-state index in [1.165, 1.54) is 12.1 Å². The molecule has 0 aliphatic heterocycles. The topological polar surface area (TPSA) is 72.2 Å². The SMILES string of the molecule is C#CCNC(=O)Cc1ccc([N+](=O)[O-])cc1. The van der Waals surface area contributed by atoms with Gasteiger partial charge in [-0.1, -0.05) is 18.1 Å². The quantitative estimate of drug-likeness (QED) is 0.463. The predicted molar refractivity (Wildman–Crippen MR) is 58.6 cm³/mol. The Morgan fingerprint density at radius 3 is 2.56 bits per heavy atom. The highest BCUT2D eigenvalue weighted by Crippen LogP contribution is 2.11. The van der Waals surface area contributed by atoms with E-state index in [2.05, 4.69) is 11.2 Å². The predicted octanol–water partition coefficient (Wildman–Crippen LogP) is 0.887. The molecule has 0 saturated heterocycles. The van der Waals surface area contributed by atoms with Crippen LogP contribution in [0.2, 0.25) is 0 Å².